The van der Waals surface area contributed by atoms with E-state index in [1.54, 1.807) is 64.3 Å². The Morgan fingerprint density at radius 2 is 1.68 bits per heavy atom. The molecule has 10 nitrogen and oxygen atoms in total. The molecule has 0 bridgehead atoms. The number of ether oxygens (including phenoxy) is 1. The second-order valence-electron chi connectivity index (χ2n) is 8.90. The van der Waals surface area contributed by atoms with Crippen LogP contribution in [0, 0.1) is 0 Å². The molecule has 3 N–H and O–H groups in total. The van der Waals surface area contributed by atoms with E-state index in [2.05, 4.69) is 20.6 Å². The van der Waals surface area contributed by atoms with Crippen LogP contribution in [-0.4, -0.2) is 39.5 Å². The van der Waals surface area contributed by atoms with Gasteiger partial charge in [-0.3, -0.25) is 4.57 Å². The maximum Gasteiger partial charge on any atom is 0.421 e. The van der Waals surface area contributed by atoms with Crippen LogP contribution in [0.2, 0.25) is 0 Å². The van der Waals surface area contributed by atoms with Crippen LogP contribution < -0.4 is 15.4 Å². The van der Waals surface area contributed by atoms with Crippen molar-refractivity contribution in [1.29, 1.82) is 0 Å². The van der Waals surface area contributed by atoms with Crippen molar-refractivity contribution in [3.8, 4) is 11.6 Å². The Balaban J connectivity index is 1.64. The van der Waals surface area contributed by atoms with Gasteiger partial charge in [0.05, 0.1) is 37.1 Å². The first-order chi connectivity index (χ1) is 19.5. The van der Waals surface area contributed by atoms with Gasteiger partial charge in [0.2, 0.25) is 11.8 Å². The number of nitrogens with zero attached hydrogens (tertiary/aromatic N) is 3. The van der Waals surface area contributed by atoms with Gasteiger partial charge in [-0.05, 0) is 50.6 Å². The maximum atomic E-state index is 13.9. The van der Waals surface area contributed by atoms with Crippen LogP contribution in [0.3, 0.4) is 0 Å². The van der Waals surface area contributed by atoms with Crippen molar-refractivity contribution in [2.75, 3.05) is 30.5 Å². The Hall–Kier alpha value is -3.80. The van der Waals surface area contributed by atoms with Gasteiger partial charge in [0.25, 0.3) is 0 Å². The number of rotatable bonds is 12. The molecule has 41 heavy (non-hydrogen) atoms. The molecule has 2 aromatic carbocycles. The molecule has 2 aromatic heterocycles. The number of alkyl halides is 3. The molecule has 0 aliphatic rings. The van der Waals surface area contributed by atoms with Gasteiger partial charge in [-0.15, -0.1) is 0 Å². The first-order valence-corrected chi connectivity index (χ1v) is 14.6. The Bertz CT molecular complexity index is 1550. The molecule has 4 aromatic rings. The van der Waals surface area contributed by atoms with Crippen LogP contribution in [0.4, 0.5) is 36.3 Å². The van der Waals surface area contributed by atoms with Gasteiger partial charge in [-0.25, -0.2) is 4.98 Å². The number of benzene rings is 2. The lowest BCUT2D eigenvalue weighted by molar-refractivity contribution is -0.137. The van der Waals surface area contributed by atoms with Crippen molar-refractivity contribution in [2.24, 2.45) is 7.05 Å². The zero-order valence-electron chi connectivity index (χ0n) is 23.0. The Labute approximate surface area is 235 Å². The van der Waals surface area contributed by atoms with Crippen LogP contribution in [0.25, 0.3) is 10.8 Å². The second kappa shape index (κ2) is 12.4. The summed E-state index contributed by atoms with van der Waals surface area (Å²) in [6.45, 7) is 6.12. The van der Waals surface area contributed by atoms with Gasteiger partial charge in [0, 0.05) is 30.5 Å². The predicted molar refractivity (Wildman–Crippen MR) is 150 cm³/mol. The summed E-state index contributed by atoms with van der Waals surface area (Å²) in [6.07, 6.45) is -2.36. The highest BCUT2D eigenvalue weighted by Gasteiger charge is 2.36. The highest BCUT2D eigenvalue weighted by molar-refractivity contribution is 7.53. The smallest absolute Gasteiger partial charge is 0.421 e. The van der Waals surface area contributed by atoms with E-state index in [1.807, 2.05) is 0 Å². The number of fused-ring (bicyclic) bond motifs is 1. The number of hydrogen-bond donors (Lipinski definition) is 3. The normalized spacial score (nSPS) is 12.1. The number of hydrogen-bond acceptors (Lipinski definition) is 9. The summed E-state index contributed by atoms with van der Waals surface area (Å²) in [5.74, 6) is -0.271. The topological polar surface area (TPSA) is 120 Å². The van der Waals surface area contributed by atoms with E-state index < -0.39 is 25.2 Å². The van der Waals surface area contributed by atoms with E-state index in [0.29, 0.717) is 35.2 Å². The largest absolute Gasteiger partial charge is 0.494 e. The fourth-order valence-electron chi connectivity index (χ4n) is 4.23. The molecular weight excluding hydrogens is 562 g/mol. The summed E-state index contributed by atoms with van der Waals surface area (Å²) >= 11 is 0. The van der Waals surface area contributed by atoms with E-state index in [1.165, 1.54) is 10.6 Å². The summed E-state index contributed by atoms with van der Waals surface area (Å²) < 4.78 is 72.2. The van der Waals surface area contributed by atoms with Crippen LogP contribution in [-0.2, 0) is 33.0 Å². The van der Waals surface area contributed by atoms with Gasteiger partial charge in [-0.1, -0.05) is 12.1 Å². The highest BCUT2D eigenvalue weighted by atomic mass is 31.2. The summed E-state index contributed by atoms with van der Waals surface area (Å²) in [4.78, 5) is 7.96. The van der Waals surface area contributed by atoms with Crippen molar-refractivity contribution in [2.45, 2.75) is 33.1 Å². The van der Waals surface area contributed by atoms with Crippen LogP contribution in [0.5, 0.6) is 11.6 Å². The minimum atomic E-state index is -4.75. The SMILES string of the molecule is CCOc1ccc(Nc2nc(Nc3ccc(CP(=O)(OCC)OCC)cc3)ncc2C(F)(F)F)c2c(O)n(C)cc12. The van der Waals surface area contributed by atoms with E-state index >= 15 is 0 Å². The van der Waals surface area contributed by atoms with Crippen molar-refractivity contribution < 1.29 is 36.6 Å². The molecule has 0 unspecified atom stereocenters. The number of aryl methyl sites for hydroxylation is 1. The number of anilines is 4. The van der Waals surface area contributed by atoms with E-state index in [0.717, 1.165) is 0 Å². The predicted octanol–water partition coefficient (Wildman–Crippen LogP) is 7.34. The molecule has 0 aliphatic carbocycles. The lowest BCUT2D eigenvalue weighted by atomic mass is 10.1. The zero-order chi connectivity index (χ0) is 29.8. The molecule has 0 fully saturated rings. The van der Waals surface area contributed by atoms with Gasteiger partial charge in [0.15, 0.2) is 0 Å². The first kappa shape index (κ1) is 30.2. The summed E-state index contributed by atoms with van der Waals surface area (Å²) in [5.41, 5.74) is 0.303. The molecule has 2 heterocycles. The first-order valence-electron chi connectivity index (χ1n) is 12.9. The minimum absolute atomic E-state index is 0.0721. The second-order valence-corrected chi connectivity index (χ2v) is 11.0. The average molecular weight is 594 g/mol. The molecule has 0 saturated heterocycles. The van der Waals surface area contributed by atoms with E-state index in [4.69, 9.17) is 13.8 Å². The lowest BCUT2D eigenvalue weighted by Gasteiger charge is -2.17. The lowest BCUT2D eigenvalue weighted by Crippen LogP contribution is -2.12. The van der Waals surface area contributed by atoms with Crippen LogP contribution in [0.1, 0.15) is 31.9 Å². The molecule has 14 heteroatoms. The molecule has 220 valence electrons. The Morgan fingerprint density at radius 3 is 2.29 bits per heavy atom. The average Bonchev–Trinajstić information content (AvgIpc) is 3.21. The zero-order valence-corrected chi connectivity index (χ0v) is 23.8. The third-order valence-electron chi connectivity index (χ3n) is 5.97. The van der Waals surface area contributed by atoms with E-state index in [9.17, 15) is 22.8 Å². The van der Waals surface area contributed by atoms with Gasteiger partial charge < -0.3 is 34.1 Å². The van der Waals surface area contributed by atoms with Crippen LogP contribution in [0.15, 0.2) is 48.8 Å². The third-order valence-corrected chi connectivity index (χ3v) is 8.03. The minimum Gasteiger partial charge on any atom is -0.494 e. The summed E-state index contributed by atoms with van der Waals surface area (Å²) in [6, 6.07) is 9.84. The van der Waals surface area contributed by atoms with Crippen LogP contribution >= 0.6 is 7.60 Å². The number of aromatic nitrogens is 3. The molecule has 0 aliphatic heterocycles. The molecule has 0 spiro atoms. The maximum absolute atomic E-state index is 13.9. The molecule has 0 saturated carbocycles. The Kier molecular flexibility index (Phi) is 9.11. The number of halogens is 3. The quantitative estimate of drug-likeness (QED) is 0.145. The molecule has 4 rings (SSSR count). The summed E-state index contributed by atoms with van der Waals surface area (Å²) in [5, 5.41) is 17.1. The van der Waals surface area contributed by atoms with Crippen molar-refractivity contribution >= 4 is 41.5 Å². The van der Waals surface area contributed by atoms with Gasteiger partial charge in [0.1, 0.15) is 17.1 Å². The molecule has 0 radical (unpaired) electrons. The van der Waals surface area contributed by atoms with Crippen molar-refractivity contribution in [3.63, 3.8) is 0 Å². The molecule has 0 atom stereocenters. The van der Waals surface area contributed by atoms with Gasteiger partial charge >= 0.3 is 13.8 Å². The number of nitrogens with one attached hydrogen (secondary N) is 2. The fraction of sp³-hybridized carbons (Fsp3) is 0.333. The highest BCUT2D eigenvalue weighted by Crippen LogP contribution is 2.51. The standard InChI is InChI=1S/C27H31F3N5O5P/c1-5-38-22-13-12-21(23-19(22)15-35(4)25(23)36)33-24-20(27(28,29)30)14-31-26(34-24)32-18-10-8-17(9-11-18)16-41(37,39-6-2)40-7-3/h8-15,36H,5-7,16H2,1-4H3,(H2,31,32,33,34). The fourth-order valence-corrected chi connectivity index (χ4v) is 5.93. The van der Waals surface area contributed by atoms with Crippen molar-refractivity contribution in [3.05, 3.63) is 59.9 Å². The third kappa shape index (κ3) is 6.92. The van der Waals surface area contributed by atoms with Crippen molar-refractivity contribution in [1.82, 2.24) is 14.5 Å². The monoisotopic (exact) mass is 593 g/mol. The van der Waals surface area contributed by atoms with E-state index in [-0.39, 0.29) is 42.3 Å². The number of aromatic hydroxyl groups is 1. The molecule has 0 amide bonds. The van der Waals surface area contributed by atoms with Gasteiger partial charge in [-0.2, -0.15) is 18.2 Å². The Morgan fingerprint density at radius 1 is 1.00 bits per heavy atom. The molecular formula is C27H31F3N5O5P. The summed E-state index contributed by atoms with van der Waals surface area (Å²) in [7, 11) is -1.69.